The van der Waals surface area contributed by atoms with Gasteiger partial charge < -0.3 is 5.32 Å². The second kappa shape index (κ2) is 7.72. The Morgan fingerprint density at radius 2 is 2.33 bits per heavy atom. The highest BCUT2D eigenvalue weighted by Crippen LogP contribution is 2.15. The zero-order valence-corrected chi connectivity index (χ0v) is 14.6. The van der Waals surface area contributed by atoms with E-state index in [4.69, 9.17) is 0 Å². The monoisotopic (exact) mass is 346 g/mol. The van der Waals surface area contributed by atoms with Crippen LogP contribution in [0.5, 0.6) is 0 Å². The van der Waals surface area contributed by atoms with Crippen molar-refractivity contribution in [1.29, 1.82) is 0 Å². The molecule has 0 unspecified atom stereocenters. The molecule has 2 aromatic rings. The number of thiophene rings is 1. The number of carbonyl (C=O) groups is 1. The minimum absolute atomic E-state index is 0.0131. The molecule has 0 radical (unpaired) electrons. The number of nitrogens with one attached hydrogen (secondary N) is 1. The van der Waals surface area contributed by atoms with Crippen LogP contribution in [-0.4, -0.2) is 33.7 Å². The number of aryl methyl sites for hydroxylation is 1. The van der Waals surface area contributed by atoms with Crippen LogP contribution in [0.2, 0.25) is 0 Å². The lowest BCUT2D eigenvalue weighted by molar-refractivity contribution is -0.122. The van der Waals surface area contributed by atoms with E-state index in [0.29, 0.717) is 26.2 Å². The molecule has 6 nitrogen and oxygen atoms in total. The van der Waals surface area contributed by atoms with Crippen LogP contribution >= 0.6 is 11.3 Å². The molecular formula is C17H22N4O2S. The first kappa shape index (κ1) is 16.9. The largest absolute Gasteiger partial charge is 0.350 e. The van der Waals surface area contributed by atoms with Crippen molar-refractivity contribution in [2.45, 2.75) is 39.4 Å². The van der Waals surface area contributed by atoms with Crippen molar-refractivity contribution in [1.82, 2.24) is 20.0 Å². The zero-order valence-electron chi connectivity index (χ0n) is 13.8. The molecule has 24 heavy (non-hydrogen) atoms. The Labute approximate surface area is 145 Å². The Bertz CT molecular complexity index is 754. The average molecular weight is 346 g/mol. The first-order valence-electron chi connectivity index (χ1n) is 8.27. The Balaban J connectivity index is 1.57. The van der Waals surface area contributed by atoms with E-state index < -0.39 is 0 Å². The van der Waals surface area contributed by atoms with Gasteiger partial charge in [0.2, 0.25) is 5.91 Å². The minimum Gasteiger partial charge on any atom is -0.350 e. The molecule has 0 bridgehead atoms. The van der Waals surface area contributed by atoms with Crippen molar-refractivity contribution >= 4 is 17.2 Å². The maximum Gasteiger partial charge on any atom is 0.267 e. The van der Waals surface area contributed by atoms with Gasteiger partial charge in [0.05, 0.1) is 18.8 Å². The normalized spacial score (nSPS) is 14.4. The van der Waals surface area contributed by atoms with E-state index in [1.807, 2.05) is 24.4 Å². The third kappa shape index (κ3) is 4.10. The summed E-state index contributed by atoms with van der Waals surface area (Å²) in [6.07, 6.45) is 1.67. The molecule has 0 atom stereocenters. The lowest BCUT2D eigenvalue weighted by Gasteiger charge is -2.27. The predicted molar refractivity (Wildman–Crippen MR) is 93.9 cm³/mol. The predicted octanol–water partition coefficient (Wildman–Crippen LogP) is 1.39. The molecule has 1 aliphatic rings. The third-order valence-corrected chi connectivity index (χ3v) is 4.94. The minimum atomic E-state index is -0.0559. The molecule has 2 aromatic heterocycles. The maximum absolute atomic E-state index is 12.1. The number of amides is 1. The van der Waals surface area contributed by atoms with Crippen molar-refractivity contribution in [3.05, 3.63) is 50.1 Å². The molecule has 3 heterocycles. The van der Waals surface area contributed by atoms with Gasteiger partial charge in [0.15, 0.2) is 0 Å². The molecule has 0 saturated heterocycles. The SMILES string of the molecule is CCCn1nc2c(cc1=O)CN(CC(=O)NCc1cccs1)CC2. The number of rotatable bonds is 6. The van der Waals surface area contributed by atoms with Crippen LogP contribution in [0, 0.1) is 0 Å². The van der Waals surface area contributed by atoms with Gasteiger partial charge in [-0.2, -0.15) is 5.10 Å². The number of hydrogen-bond acceptors (Lipinski definition) is 5. The molecule has 128 valence electrons. The van der Waals surface area contributed by atoms with E-state index in [1.165, 1.54) is 0 Å². The van der Waals surface area contributed by atoms with Gasteiger partial charge in [0, 0.05) is 37.0 Å². The Kier molecular flexibility index (Phi) is 5.42. The van der Waals surface area contributed by atoms with Gasteiger partial charge in [-0.05, 0) is 23.4 Å². The summed E-state index contributed by atoms with van der Waals surface area (Å²) < 4.78 is 1.54. The summed E-state index contributed by atoms with van der Waals surface area (Å²) in [7, 11) is 0. The van der Waals surface area contributed by atoms with E-state index >= 15 is 0 Å². The van der Waals surface area contributed by atoms with Crippen LogP contribution < -0.4 is 10.9 Å². The summed E-state index contributed by atoms with van der Waals surface area (Å²) in [6, 6.07) is 5.66. The Morgan fingerprint density at radius 1 is 1.46 bits per heavy atom. The average Bonchev–Trinajstić information content (AvgIpc) is 3.07. The van der Waals surface area contributed by atoms with Gasteiger partial charge in [-0.1, -0.05) is 13.0 Å². The van der Waals surface area contributed by atoms with Gasteiger partial charge >= 0.3 is 0 Å². The van der Waals surface area contributed by atoms with Crippen molar-refractivity contribution in [2.24, 2.45) is 0 Å². The molecule has 0 aromatic carbocycles. The van der Waals surface area contributed by atoms with Gasteiger partial charge in [-0.15, -0.1) is 11.3 Å². The number of nitrogens with zero attached hydrogens (tertiary/aromatic N) is 3. The van der Waals surface area contributed by atoms with Crippen molar-refractivity contribution in [3.63, 3.8) is 0 Å². The summed E-state index contributed by atoms with van der Waals surface area (Å²) in [6.45, 7) is 5.01. The fourth-order valence-electron chi connectivity index (χ4n) is 2.86. The Hall–Kier alpha value is -1.99. The molecule has 0 fully saturated rings. The van der Waals surface area contributed by atoms with Crippen LogP contribution in [0.1, 0.15) is 29.5 Å². The smallest absolute Gasteiger partial charge is 0.267 e. The van der Waals surface area contributed by atoms with Crippen LogP contribution in [0.15, 0.2) is 28.4 Å². The van der Waals surface area contributed by atoms with Crippen LogP contribution in [0.3, 0.4) is 0 Å². The number of hydrogen-bond donors (Lipinski definition) is 1. The molecule has 7 heteroatoms. The summed E-state index contributed by atoms with van der Waals surface area (Å²) >= 11 is 1.63. The molecule has 1 aliphatic heterocycles. The summed E-state index contributed by atoms with van der Waals surface area (Å²) in [4.78, 5) is 27.4. The number of carbonyl (C=O) groups excluding carboxylic acids is 1. The van der Waals surface area contributed by atoms with E-state index in [-0.39, 0.29) is 11.5 Å². The summed E-state index contributed by atoms with van der Waals surface area (Å²) in [5, 5.41) is 9.41. The molecule has 0 spiro atoms. The molecule has 3 rings (SSSR count). The zero-order chi connectivity index (χ0) is 16.9. The molecule has 0 aliphatic carbocycles. The number of fused-ring (bicyclic) bond motifs is 1. The second-order valence-electron chi connectivity index (χ2n) is 5.99. The molecular weight excluding hydrogens is 324 g/mol. The molecule has 1 N–H and O–H groups in total. The summed E-state index contributed by atoms with van der Waals surface area (Å²) in [5.41, 5.74) is 1.88. The maximum atomic E-state index is 12.1. The van der Waals surface area contributed by atoms with E-state index in [1.54, 1.807) is 22.1 Å². The quantitative estimate of drug-likeness (QED) is 0.858. The fourth-order valence-corrected chi connectivity index (χ4v) is 3.51. The summed E-state index contributed by atoms with van der Waals surface area (Å²) in [5.74, 6) is 0.0131. The van der Waals surface area contributed by atoms with E-state index in [0.717, 1.165) is 35.5 Å². The van der Waals surface area contributed by atoms with Crippen molar-refractivity contribution < 1.29 is 4.79 Å². The van der Waals surface area contributed by atoms with Gasteiger partial charge in [-0.25, -0.2) is 4.68 Å². The second-order valence-corrected chi connectivity index (χ2v) is 7.03. The lowest BCUT2D eigenvalue weighted by Crippen LogP contribution is -2.41. The first-order valence-corrected chi connectivity index (χ1v) is 9.15. The topological polar surface area (TPSA) is 67.2 Å². The van der Waals surface area contributed by atoms with Crippen molar-refractivity contribution in [2.75, 3.05) is 13.1 Å². The number of aromatic nitrogens is 2. The molecule has 0 saturated carbocycles. The van der Waals surface area contributed by atoms with Crippen LogP contribution in [0.25, 0.3) is 0 Å². The highest BCUT2D eigenvalue weighted by molar-refractivity contribution is 7.09. The van der Waals surface area contributed by atoms with Gasteiger partial charge in [0.25, 0.3) is 5.56 Å². The van der Waals surface area contributed by atoms with Gasteiger partial charge in [-0.3, -0.25) is 14.5 Å². The highest BCUT2D eigenvalue weighted by Gasteiger charge is 2.20. The van der Waals surface area contributed by atoms with Crippen LogP contribution in [-0.2, 0) is 30.8 Å². The van der Waals surface area contributed by atoms with Crippen molar-refractivity contribution in [3.8, 4) is 0 Å². The highest BCUT2D eigenvalue weighted by atomic mass is 32.1. The van der Waals surface area contributed by atoms with Crippen LogP contribution in [0.4, 0.5) is 0 Å². The van der Waals surface area contributed by atoms with E-state index in [2.05, 4.69) is 15.3 Å². The molecule has 1 amide bonds. The fraction of sp³-hybridized carbons (Fsp3) is 0.471. The first-order chi connectivity index (χ1) is 11.7. The lowest BCUT2D eigenvalue weighted by atomic mass is 10.1. The standard InChI is InChI=1S/C17H22N4O2S/c1-2-6-21-17(23)9-13-11-20(7-5-15(13)19-21)12-16(22)18-10-14-4-3-8-24-14/h3-4,8-9H,2,5-7,10-12H2,1H3,(H,18,22). The van der Waals surface area contributed by atoms with Gasteiger partial charge in [0.1, 0.15) is 0 Å². The van der Waals surface area contributed by atoms with E-state index in [9.17, 15) is 9.59 Å². The Morgan fingerprint density at radius 3 is 3.08 bits per heavy atom. The third-order valence-electron chi connectivity index (χ3n) is 4.07.